The van der Waals surface area contributed by atoms with Crippen molar-refractivity contribution in [2.24, 2.45) is 0 Å². The summed E-state index contributed by atoms with van der Waals surface area (Å²) in [4.78, 5) is 0. The number of methoxy groups -OCH3 is 1. The molecule has 1 N–H and O–H groups in total. The van der Waals surface area contributed by atoms with Crippen molar-refractivity contribution in [3.05, 3.63) is 30.3 Å². The van der Waals surface area contributed by atoms with E-state index in [1.165, 1.54) is 0 Å². The second kappa shape index (κ2) is 4.04. The molecule has 78 valence electrons. The Kier molecular flexibility index (Phi) is 2.58. The van der Waals surface area contributed by atoms with Crippen molar-refractivity contribution in [3.63, 3.8) is 0 Å². The molecular formula is C11H12N2O2. The summed E-state index contributed by atoms with van der Waals surface area (Å²) < 4.78 is 10.2. The third-order valence-corrected chi connectivity index (χ3v) is 2.12. The van der Waals surface area contributed by atoms with E-state index in [9.17, 15) is 0 Å². The average Bonchev–Trinajstić information content (AvgIpc) is 2.78. The summed E-state index contributed by atoms with van der Waals surface area (Å²) in [5, 5.41) is 6.82. The number of ether oxygens (including phenoxy) is 1. The van der Waals surface area contributed by atoms with Crippen LogP contribution in [0.3, 0.4) is 0 Å². The predicted molar refractivity (Wildman–Crippen MR) is 58.0 cm³/mol. The normalized spacial score (nSPS) is 10.0. The van der Waals surface area contributed by atoms with Crippen molar-refractivity contribution in [2.75, 3.05) is 19.5 Å². The molecule has 0 atom stereocenters. The first-order valence-corrected chi connectivity index (χ1v) is 4.62. The molecule has 0 radical (unpaired) electrons. The van der Waals surface area contributed by atoms with Crippen molar-refractivity contribution < 1.29 is 9.26 Å². The number of aromatic nitrogens is 1. The zero-order valence-corrected chi connectivity index (χ0v) is 8.65. The average molecular weight is 204 g/mol. The van der Waals surface area contributed by atoms with E-state index in [0.29, 0.717) is 5.88 Å². The molecular weight excluding hydrogens is 192 g/mol. The number of benzene rings is 1. The minimum atomic E-state index is 0.646. The molecule has 0 fully saturated rings. The predicted octanol–water partition coefficient (Wildman–Crippen LogP) is 2.39. The maximum absolute atomic E-state index is 5.14. The first kappa shape index (κ1) is 9.58. The summed E-state index contributed by atoms with van der Waals surface area (Å²) in [6, 6.07) is 9.52. The van der Waals surface area contributed by atoms with Gasteiger partial charge >= 0.3 is 0 Å². The van der Waals surface area contributed by atoms with Crippen LogP contribution in [0.4, 0.5) is 5.88 Å². The summed E-state index contributed by atoms with van der Waals surface area (Å²) in [6.07, 6.45) is 0. The highest BCUT2D eigenvalue weighted by molar-refractivity contribution is 5.63. The number of hydrogen-bond acceptors (Lipinski definition) is 4. The van der Waals surface area contributed by atoms with Gasteiger partial charge in [-0.25, -0.2) is 0 Å². The maximum atomic E-state index is 5.14. The van der Waals surface area contributed by atoms with Gasteiger partial charge in [0.25, 0.3) is 0 Å². The highest BCUT2D eigenvalue weighted by Gasteiger charge is 2.05. The van der Waals surface area contributed by atoms with Crippen molar-refractivity contribution in [1.29, 1.82) is 0 Å². The highest BCUT2D eigenvalue weighted by Crippen LogP contribution is 2.24. The number of nitrogens with zero attached hydrogens (tertiary/aromatic N) is 1. The second-order valence-corrected chi connectivity index (χ2v) is 3.06. The van der Waals surface area contributed by atoms with Crippen LogP contribution in [0.15, 0.2) is 34.9 Å². The van der Waals surface area contributed by atoms with E-state index >= 15 is 0 Å². The topological polar surface area (TPSA) is 47.3 Å². The molecule has 0 spiro atoms. The second-order valence-electron chi connectivity index (χ2n) is 3.06. The van der Waals surface area contributed by atoms with Gasteiger partial charge in [-0.2, -0.15) is 0 Å². The summed E-state index contributed by atoms with van der Waals surface area (Å²) in [7, 11) is 3.43. The molecule has 4 nitrogen and oxygen atoms in total. The zero-order chi connectivity index (χ0) is 10.7. The number of hydrogen-bond donors (Lipinski definition) is 1. The van der Waals surface area contributed by atoms with E-state index in [4.69, 9.17) is 9.26 Å². The standard InChI is InChI=1S/C11H12N2O2/c1-12-11-7-10(13-15-11)8-4-3-5-9(6-8)14-2/h3-7,12H,1-2H3. The third kappa shape index (κ3) is 1.93. The largest absolute Gasteiger partial charge is 0.497 e. The van der Waals surface area contributed by atoms with Crippen molar-refractivity contribution in [3.8, 4) is 17.0 Å². The first-order valence-electron chi connectivity index (χ1n) is 4.62. The van der Waals surface area contributed by atoms with E-state index in [-0.39, 0.29) is 0 Å². The van der Waals surface area contributed by atoms with Gasteiger partial charge in [0.1, 0.15) is 11.4 Å². The van der Waals surface area contributed by atoms with E-state index in [1.54, 1.807) is 14.2 Å². The van der Waals surface area contributed by atoms with Crippen molar-refractivity contribution in [2.45, 2.75) is 0 Å². The van der Waals surface area contributed by atoms with Crippen LogP contribution in [-0.2, 0) is 0 Å². The molecule has 1 heterocycles. The molecule has 0 unspecified atom stereocenters. The molecule has 0 bridgehead atoms. The van der Waals surface area contributed by atoms with Crippen LogP contribution in [-0.4, -0.2) is 19.3 Å². The van der Waals surface area contributed by atoms with Crippen molar-refractivity contribution >= 4 is 5.88 Å². The zero-order valence-electron chi connectivity index (χ0n) is 8.65. The highest BCUT2D eigenvalue weighted by atomic mass is 16.5. The summed E-state index contributed by atoms with van der Waals surface area (Å²) in [5.74, 6) is 1.45. The Hall–Kier alpha value is -1.97. The summed E-state index contributed by atoms with van der Waals surface area (Å²) >= 11 is 0. The molecule has 2 rings (SSSR count). The van der Waals surface area contributed by atoms with Gasteiger partial charge in [0.15, 0.2) is 0 Å². The Bertz CT molecular complexity index is 451. The quantitative estimate of drug-likeness (QED) is 0.833. The van der Waals surface area contributed by atoms with E-state index in [1.807, 2.05) is 30.3 Å². The van der Waals surface area contributed by atoms with E-state index in [2.05, 4.69) is 10.5 Å². The first-order chi connectivity index (χ1) is 7.33. The molecule has 1 aromatic heterocycles. The van der Waals surface area contributed by atoms with Crippen LogP contribution in [0, 0.1) is 0 Å². The fourth-order valence-corrected chi connectivity index (χ4v) is 1.31. The molecule has 0 aliphatic heterocycles. The summed E-state index contributed by atoms with van der Waals surface area (Å²) in [5.41, 5.74) is 1.76. The molecule has 0 aliphatic carbocycles. The molecule has 2 aromatic rings. The van der Waals surface area contributed by atoms with Gasteiger partial charge in [-0.3, -0.25) is 0 Å². The SMILES string of the molecule is CNc1cc(-c2cccc(OC)c2)no1. The maximum Gasteiger partial charge on any atom is 0.225 e. The van der Waals surface area contributed by atoms with Crippen LogP contribution in [0.2, 0.25) is 0 Å². The van der Waals surface area contributed by atoms with Crippen LogP contribution >= 0.6 is 0 Å². The Morgan fingerprint density at radius 1 is 1.33 bits per heavy atom. The fourth-order valence-electron chi connectivity index (χ4n) is 1.31. The lowest BCUT2D eigenvalue weighted by Gasteiger charge is -2.00. The lowest BCUT2D eigenvalue weighted by molar-refractivity contribution is 0.414. The fraction of sp³-hybridized carbons (Fsp3) is 0.182. The smallest absolute Gasteiger partial charge is 0.225 e. The molecule has 0 saturated heterocycles. The van der Waals surface area contributed by atoms with E-state index in [0.717, 1.165) is 17.0 Å². The van der Waals surface area contributed by atoms with Gasteiger partial charge in [-0.1, -0.05) is 17.3 Å². The van der Waals surface area contributed by atoms with Gasteiger partial charge in [-0.15, -0.1) is 0 Å². The van der Waals surface area contributed by atoms with Crippen molar-refractivity contribution in [1.82, 2.24) is 5.16 Å². The van der Waals surface area contributed by atoms with Gasteiger partial charge in [0.05, 0.1) is 7.11 Å². The monoisotopic (exact) mass is 204 g/mol. The van der Waals surface area contributed by atoms with Gasteiger partial charge in [0, 0.05) is 18.7 Å². The third-order valence-electron chi connectivity index (χ3n) is 2.12. The lowest BCUT2D eigenvalue weighted by Crippen LogP contribution is -1.83. The van der Waals surface area contributed by atoms with Crippen LogP contribution in [0.25, 0.3) is 11.3 Å². The van der Waals surface area contributed by atoms with E-state index < -0.39 is 0 Å². The lowest BCUT2D eigenvalue weighted by atomic mass is 10.1. The Morgan fingerprint density at radius 2 is 2.20 bits per heavy atom. The molecule has 0 saturated carbocycles. The number of anilines is 1. The minimum Gasteiger partial charge on any atom is -0.497 e. The Balaban J connectivity index is 2.35. The molecule has 0 aliphatic rings. The van der Waals surface area contributed by atoms with Gasteiger partial charge in [-0.05, 0) is 12.1 Å². The van der Waals surface area contributed by atoms with Crippen LogP contribution in [0.1, 0.15) is 0 Å². The van der Waals surface area contributed by atoms with Crippen LogP contribution in [0.5, 0.6) is 5.75 Å². The minimum absolute atomic E-state index is 0.646. The van der Waals surface area contributed by atoms with Crippen LogP contribution < -0.4 is 10.1 Å². The Labute approximate surface area is 87.8 Å². The Morgan fingerprint density at radius 3 is 2.87 bits per heavy atom. The molecule has 1 aromatic carbocycles. The number of nitrogens with one attached hydrogen (secondary N) is 1. The van der Waals surface area contributed by atoms with Gasteiger partial charge < -0.3 is 14.6 Å². The molecule has 15 heavy (non-hydrogen) atoms. The molecule has 4 heteroatoms. The number of rotatable bonds is 3. The van der Waals surface area contributed by atoms with Gasteiger partial charge in [0.2, 0.25) is 5.88 Å². The molecule has 0 amide bonds. The summed E-state index contributed by atoms with van der Waals surface area (Å²) in [6.45, 7) is 0.